The molecular formula is C16H20FN3. The van der Waals surface area contributed by atoms with Gasteiger partial charge in [0.05, 0.1) is 5.69 Å². The van der Waals surface area contributed by atoms with Gasteiger partial charge in [0.25, 0.3) is 0 Å². The molecule has 0 unspecified atom stereocenters. The van der Waals surface area contributed by atoms with E-state index < -0.39 is 0 Å². The third-order valence-corrected chi connectivity index (χ3v) is 3.35. The summed E-state index contributed by atoms with van der Waals surface area (Å²) >= 11 is 0. The number of nitrogens with one attached hydrogen (secondary N) is 1. The Kier molecular flexibility index (Phi) is 4.56. The predicted octanol–water partition coefficient (Wildman–Crippen LogP) is 3.68. The first-order valence-electron chi connectivity index (χ1n) is 6.73. The van der Waals surface area contributed by atoms with E-state index >= 15 is 0 Å². The molecule has 0 fully saturated rings. The topological polar surface area (TPSA) is 28.2 Å². The Hall–Kier alpha value is -2.10. The summed E-state index contributed by atoms with van der Waals surface area (Å²) in [5.41, 5.74) is 2.51. The van der Waals surface area contributed by atoms with Gasteiger partial charge in [-0.3, -0.25) is 4.98 Å². The minimum absolute atomic E-state index is 0.207. The average Bonchev–Trinajstić information content (AvgIpc) is 2.45. The highest BCUT2D eigenvalue weighted by Gasteiger charge is 2.10. The number of hydrogen-bond acceptors (Lipinski definition) is 3. The molecule has 0 atom stereocenters. The van der Waals surface area contributed by atoms with E-state index in [0.717, 1.165) is 11.3 Å². The number of pyridine rings is 1. The monoisotopic (exact) mass is 273 g/mol. The summed E-state index contributed by atoms with van der Waals surface area (Å²) in [5, 5.41) is 3.21. The summed E-state index contributed by atoms with van der Waals surface area (Å²) in [7, 11) is 1.90. The van der Waals surface area contributed by atoms with Crippen molar-refractivity contribution in [1.29, 1.82) is 0 Å². The maximum absolute atomic E-state index is 14.1. The van der Waals surface area contributed by atoms with Gasteiger partial charge in [-0.1, -0.05) is 0 Å². The normalized spacial score (nSPS) is 10.7. The van der Waals surface area contributed by atoms with E-state index in [-0.39, 0.29) is 11.9 Å². The highest BCUT2D eigenvalue weighted by molar-refractivity contribution is 5.56. The molecule has 1 aromatic heterocycles. The Bertz CT molecular complexity index is 555. The minimum atomic E-state index is -0.207. The molecule has 2 aromatic rings. The van der Waals surface area contributed by atoms with Crippen molar-refractivity contribution in [3.8, 4) is 0 Å². The number of halogens is 1. The second-order valence-corrected chi connectivity index (χ2v) is 5.08. The van der Waals surface area contributed by atoms with Crippen LogP contribution in [0.15, 0.2) is 42.7 Å². The van der Waals surface area contributed by atoms with Crippen molar-refractivity contribution in [3.63, 3.8) is 0 Å². The van der Waals surface area contributed by atoms with Crippen LogP contribution in [0, 0.1) is 5.82 Å². The SMILES string of the molecule is CC(C)N(C)c1ccc(NCc2ccncc2)cc1F. The van der Waals surface area contributed by atoms with E-state index in [0.29, 0.717) is 12.2 Å². The van der Waals surface area contributed by atoms with Gasteiger partial charge >= 0.3 is 0 Å². The zero-order chi connectivity index (χ0) is 14.5. The van der Waals surface area contributed by atoms with Crippen molar-refractivity contribution in [3.05, 3.63) is 54.1 Å². The second kappa shape index (κ2) is 6.37. The minimum Gasteiger partial charge on any atom is -0.381 e. The number of hydrogen-bond donors (Lipinski definition) is 1. The molecule has 1 aromatic carbocycles. The van der Waals surface area contributed by atoms with E-state index in [2.05, 4.69) is 10.3 Å². The molecule has 0 amide bonds. The zero-order valence-corrected chi connectivity index (χ0v) is 12.1. The summed E-state index contributed by atoms with van der Waals surface area (Å²) in [6.07, 6.45) is 3.50. The maximum atomic E-state index is 14.1. The quantitative estimate of drug-likeness (QED) is 0.900. The molecule has 0 aliphatic carbocycles. The van der Waals surface area contributed by atoms with Crippen molar-refractivity contribution >= 4 is 11.4 Å². The molecule has 106 valence electrons. The van der Waals surface area contributed by atoms with Gasteiger partial charge < -0.3 is 10.2 Å². The van der Waals surface area contributed by atoms with Gasteiger partial charge in [0.15, 0.2) is 0 Å². The molecule has 1 N–H and O–H groups in total. The molecular weight excluding hydrogens is 253 g/mol. The molecule has 3 nitrogen and oxygen atoms in total. The van der Waals surface area contributed by atoms with E-state index in [1.165, 1.54) is 6.07 Å². The van der Waals surface area contributed by atoms with Crippen LogP contribution in [-0.2, 0) is 6.54 Å². The summed E-state index contributed by atoms with van der Waals surface area (Å²) < 4.78 is 14.1. The first-order chi connectivity index (χ1) is 9.58. The number of anilines is 2. The lowest BCUT2D eigenvalue weighted by Gasteiger charge is -2.24. The number of rotatable bonds is 5. The Labute approximate surface area is 119 Å². The third-order valence-electron chi connectivity index (χ3n) is 3.35. The highest BCUT2D eigenvalue weighted by Crippen LogP contribution is 2.23. The van der Waals surface area contributed by atoms with E-state index in [4.69, 9.17) is 0 Å². The molecule has 0 saturated heterocycles. The van der Waals surface area contributed by atoms with Crippen LogP contribution in [0.4, 0.5) is 15.8 Å². The molecule has 0 aliphatic rings. The Morgan fingerprint density at radius 1 is 1.20 bits per heavy atom. The van der Waals surface area contributed by atoms with Gasteiger partial charge in [0.1, 0.15) is 5.82 Å². The number of benzene rings is 1. The second-order valence-electron chi connectivity index (χ2n) is 5.08. The largest absolute Gasteiger partial charge is 0.381 e. The maximum Gasteiger partial charge on any atom is 0.148 e. The van der Waals surface area contributed by atoms with Crippen molar-refractivity contribution < 1.29 is 4.39 Å². The molecule has 1 heterocycles. The van der Waals surface area contributed by atoms with Crippen LogP contribution in [0.5, 0.6) is 0 Å². The fourth-order valence-electron chi connectivity index (χ4n) is 1.89. The molecule has 0 bridgehead atoms. The molecule has 20 heavy (non-hydrogen) atoms. The Morgan fingerprint density at radius 2 is 1.90 bits per heavy atom. The van der Waals surface area contributed by atoms with Crippen LogP contribution in [0.2, 0.25) is 0 Å². The Morgan fingerprint density at radius 3 is 2.50 bits per heavy atom. The number of aromatic nitrogens is 1. The van der Waals surface area contributed by atoms with Crippen LogP contribution in [0.25, 0.3) is 0 Å². The molecule has 0 aliphatic heterocycles. The van der Waals surface area contributed by atoms with E-state index in [1.807, 2.05) is 50.1 Å². The van der Waals surface area contributed by atoms with Crippen LogP contribution in [0.1, 0.15) is 19.4 Å². The fourth-order valence-corrected chi connectivity index (χ4v) is 1.89. The third kappa shape index (κ3) is 3.47. The van der Waals surface area contributed by atoms with E-state index in [9.17, 15) is 4.39 Å². The zero-order valence-electron chi connectivity index (χ0n) is 12.1. The van der Waals surface area contributed by atoms with Crippen molar-refractivity contribution in [2.45, 2.75) is 26.4 Å². The van der Waals surface area contributed by atoms with Gasteiger partial charge in [-0.15, -0.1) is 0 Å². The van der Waals surface area contributed by atoms with Crippen LogP contribution >= 0.6 is 0 Å². The molecule has 4 heteroatoms. The molecule has 0 spiro atoms. The van der Waals surface area contributed by atoms with Gasteiger partial charge in [-0.2, -0.15) is 0 Å². The standard InChI is InChI=1S/C16H20FN3/c1-12(2)20(3)16-5-4-14(10-15(16)17)19-11-13-6-8-18-9-7-13/h4-10,12,19H,11H2,1-3H3. The van der Waals surface area contributed by atoms with Gasteiger partial charge in [0, 0.05) is 37.7 Å². The van der Waals surface area contributed by atoms with Gasteiger partial charge in [-0.05, 0) is 49.7 Å². The highest BCUT2D eigenvalue weighted by atomic mass is 19.1. The van der Waals surface area contributed by atoms with Crippen molar-refractivity contribution in [2.24, 2.45) is 0 Å². The Balaban J connectivity index is 2.06. The fraction of sp³-hybridized carbons (Fsp3) is 0.312. The molecule has 0 saturated carbocycles. The summed E-state index contributed by atoms with van der Waals surface area (Å²) in [6, 6.07) is 9.38. The first-order valence-corrected chi connectivity index (χ1v) is 6.73. The molecule has 2 rings (SSSR count). The lowest BCUT2D eigenvalue weighted by atomic mass is 10.2. The first kappa shape index (κ1) is 14.3. The van der Waals surface area contributed by atoms with E-state index in [1.54, 1.807) is 12.4 Å². The van der Waals surface area contributed by atoms with Crippen molar-refractivity contribution in [2.75, 3.05) is 17.3 Å². The average molecular weight is 273 g/mol. The van der Waals surface area contributed by atoms with Crippen LogP contribution < -0.4 is 10.2 Å². The lowest BCUT2D eigenvalue weighted by Crippen LogP contribution is -2.26. The van der Waals surface area contributed by atoms with Crippen LogP contribution in [0.3, 0.4) is 0 Å². The van der Waals surface area contributed by atoms with Gasteiger partial charge in [-0.25, -0.2) is 4.39 Å². The van der Waals surface area contributed by atoms with Crippen LogP contribution in [-0.4, -0.2) is 18.1 Å². The van der Waals surface area contributed by atoms with Gasteiger partial charge in [0.2, 0.25) is 0 Å². The van der Waals surface area contributed by atoms with Crippen molar-refractivity contribution in [1.82, 2.24) is 4.98 Å². The summed E-state index contributed by atoms with van der Waals surface area (Å²) in [6.45, 7) is 4.73. The summed E-state index contributed by atoms with van der Waals surface area (Å²) in [5.74, 6) is -0.207. The predicted molar refractivity (Wildman–Crippen MR) is 81.5 cm³/mol. The smallest absolute Gasteiger partial charge is 0.148 e. The lowest BCUT2D eigenvalue weighted by molar-refractivity contribution is 0.614. The number of nitrogens with zero attached hydrogens (tertiary/aromatic N) is 2. The molecule has 0 radical (unpaired) electrons. The summed E-state index contributed by atoms with van der Waals surface area (Å²) in [4.78, 5) is 5.89.